The Hall–Kier alpha value is -2.73. The number of benzene rings is 1. The maximum Gasteiger partial charge on any atom is 0.354 e. The lowest BCUT2D eigenvalue weighted by Crippen LogP contribution is -2.41. The summed E-state index contributed by atoms with van der Waals surface area (Å²) in [5.41, 5.74) is 0.592. The molecular formula is C18H22N4O6S. The van der Waals surface area contributed by atoms with E-state index in [4.69, 9.17) is 9.88 Å². The fourth-order valence-corrected chi connectivity index (χ4v) is 3.79. The quantitative estimate of drug-likeness (QED) is 0.568. The number of carbonyl (C=O) groups is 2. The van der Waals surface area contributed by atoms with Gasteiger partial charge < -0.3 is 15.2 Å². The predicted octanol–water partition coefficient (Wildman–Crippen LogP) is -0.0331. The first-order valence-corrected chi connectivity index (χ1v) is 10.4. The molecular weight excluding hydrogens is 400 g/mol. The molecule has 0 unspecified atom stereocenters. The summed E-state index contributed by atoms with van der Waals surface area (Å²) in [7, 11) is -4.25. The van der Waals surface area contributed by atoms with Gasteiger partial charge in [-0.05, 0) is 23.8 Å². The Kier molecular flexibility index (Phi) is 6.33. The summed E-state index contributed by atoms with van der Waals surface area (Å²) in [6.07, 6.45) is 1.08. The minimum atomic E-state index is -4.25. The van der Waals surface area contributed by atoms with Crippen LogP contribution in [0, 0.1) is 0 Å². The lowest BCUT2D eigenvalue weighted by atomic mass is 10.0. The van der Waals surface area contributed by atoms with Gasteiger partial charge in [-0.15, -0.1) is 0 Å². The van der Waals surface area contributed by atoms with Gasteiger partial charge in [0.15, 0.2) is 5.69 Å². The third-order valence-corrected chi connectivity index (χ3v) is 5.46. The number of carboxylic acid groups (broad SMARTS) is 1. The monoisotopic (exact) mass is 422 g/mol. The van der Waals surface area contributed by atoms with E-state index < -0.39 is 21.9 Å². The van der Waals surface area contributed by atoms with Crippen LogP contribution < -0.4 is 10.5 Å². The van der Waals surface area contributed by atoms with E-state index in [1.807, 2.05) is 0 Å². The Bertz CT molecular complexity index is 994. The molecule has 1 aliphatic rings. The maximum atomic E-state index is 12.3. The smallest absolute Gasteiger partial charge is 0.354 e. The Morgan fingerprint density at radius 2 is 1.79 bits per heavy atom. The fraction of sp³-hybridized carbons (Fsp3) is 0.333. The third-order valence-electron chi connectivity index (χ3n) is 4.60. The predicted molar refractivity (Wildman–Crippen MR) is 105 cm³/mol. The number of nitrogens with two attached hydrogens (primary N) is 1. The molecule has 0 aliphatic carbocycles. The number of aromatic nitrogens is 1. The molecule has 1 amide bonds. The molecule has 11 heteroatoms. The summed E-state index contributed by atoms with van der Waals surface area (Å²) >= 11 is 0. The molecule has 4 N–H and O–H groups in total. The Morgan fingerprint density at radius 1 is 1.14 bits per heavy atom. The van der Waals surface area contributed by atoms with E-state index in [2.05, 4.69) is 10.2 Å². The number of hydrogen-bond donors (Lipinski definition) is 3. The highest BCUT2D eigenvalue weighted by molar-refractivity contribution is 7.87. The van der Waals surface area contributed by atoms with Crippen molar-refractivity contribution in [2.75, 3.05) is 39.4 Å². The maximum absolute atomic E-state index is 12.3. The fourth-order valence-electron chi connectivity index (χ4n) is 3.12. The van der Waals surface area contributed by atoms with Crippen LogP contribution in [0.2, 0.25) is 0 Å². The molecule has 0 radical (unpaired) electrons. The van der Waals surface area contributed by atoms with Crippen molar-refractivity contribution in [2.24, 2.45) is 5.14 Å². The molecule has 1 aliphatic heterocycles. The van der Waals surface area contributed by atoms with E-state index in [1.165, 1.54) is 6.07 Å². The van der Waals surface area contributed by atoms with Crippen molar-refractivity contribution in [1.82, 2.24) is 14.2 Å². The highest BCUT2D eigenvalue weighted by Crippen LogP contribution is 2.26. The van der Waals surface area contributed by atoms with E-state index in [0.29, 0.717) is 34.9 Å². The Labute approximate surface area is 168 Å². The first-order valence-electron chi connectivity index (χ1n) is 8.94. The Morgan fingerprint density at radius 3 is 2.38 bits per heavy atom. The number of nitrogens with zero attached hydrogens (tertiary/aromatic N) is 2. The molecule has 0 spiro atoms. The minimum absolute atomic E-state index is 0.186. The molecule has 1 fully saturated rings. The molecule has 29 heavy (non-hydrogen) atoms. The lowest BCUT2D eigenvalue weighted by molar-refractivity contribution is 0.0383. The number of hydrogen-bond acceptors (Lipinski definition) is 6. The van der Waals surface area contributed by atoms with Crippen molar-refractivity contribution in [2.45, 2.75) is 0 Å². The number of carbonyl (C=O) groups excluding carboxylic acids is 1. The van der Waals surface area contributed by atoms with Crippen LogP contribution in [-0.4, -0.2) is 73.7 Å². The molecule has 1 aromatic heterocycles. The molecule has 1 aromatic carbocycles. The average molecular weight is 422 g/mol. The lowest BCUT2D eigenvalue weighted by Gasteiger charge is -2.26. The van der Waals surface area contributed by atoms with Crippen LogP contribution >= 0.6 is 0 Å². The van der Waals surface area contributed by atoms with Crippen LogP contribution in [0.4, 0.5) is 0 Å². The van der Waals surface area contributed by atoms with E-state index in [-0.39, 0.29) is 11.5 Å². The van der Waals surface area contributed by atoms with Gasteiger partial charge in [-0.25, -0.2) is 13.9 Å². The molecule has 0 saturated carbocycles. The van der Waals surface area contributed by atoms with Gasteiger partial charge in [0, 0.05) is 43.5 Å². The number of amides is 1. The van der Waals surface area contributed by atoms with Crippen molar-refractivity contribution in [3.8, 4) is 11.1 Å². The van der Waals surface area contributed by atoms with Gasteiger partial charge in [0.2, 0.25) is 0 Å². The highest BCUT2D eigenvalue weighted by Gasteiger charge is 2.23. The van der Waals surface area contributed by atoms with Crippen molar-refractivity contribution in [3.63, 3.8) is 0 Å². The molecule has 2 heterocycles. The number of aromatic carboxylic acids is 1. The van der Waals surface area contributed by atoms with Crippen molar-refractivity contribution >= 4 is 22.1 Å². The van der Waals surface area contributed by atoms with Gasteiger partial charge in [0.05, 0.1) is 13.2 Å². The summed E-state index contributed by atoms with van der Waals surface area (Å²) in [5.74, 6) is -1.67. The average Bonchev–Trinajstić information content (AvgIpc) is 3.15. The Balaban J connectivity index is 1.69. The van der Waals surface area contributed by atoms with Crippen molar-refractivity contribution < 1.29 is 27.9 Å². The van der Waals surface area contributed by atoms with Crippen LogP contribution in [0.15, 0.2) is 36.5 Å². The standard InChI is InChI=1S/C18H22N4O6S/c19-29(26,27)22-7-5-15(16(22)18(24)25)13-1-3-14(4-2-13)17(23)20-6-8-21-9-11-28-12-10-21/h1-5,7H,6,8-12H2,(H,20,23)(H,24,25)(H2,19,26,27). The van der Waals surface area contributed by atoms with E-state index in [9.17, 15) is 23.1 Å². The van der Waals surface area contributed by atoms with Crippen molar-refractivity contribution in [3.05, 3.63) is 47.8 Å². The minimum Gasteiger partial charge on any atom is -0.477 e. The molecule has 0 bridgehead atoms. The second kappa shape index (κ2) is 8.74. The SMILES string of the molecule is NS(=O)(=O)n1ccc(-c2ccc(C(=O)NCCN3CCOCC3)cc2)c1C(=O)O. The van der Waals surface area contributed by atoms with Crippen LogP contribution in [-0.2, 0) is 14.9 Å². The molecule has 1 saturated heterocycles. The van der Waals surface area contributed by atoms with Gasteiger partial charge in [-0.1, -0.05) is 12.1 Å². The number of rotatable bonds is 7. The van der Waals surface area contributed by atoms with Crippen LogP contribution in [0.5, 0.6) is 0 Å². The first-order chi connectivity index (χ1) is 13.8. The van der Waals surface area contributed by atoms with Gasteiger partial charge in [-0.2, -0.15) is 8.42 Å². The summed E-state index contributed by atoms with van der Waals surface area (Å²) in [4.78, 5) is 26.0. The number of ether oxygens (including phenoxy) is 1. The van der Waals surface area contributed by atoms with Gasteiger partial charge in [-0.3, -0.25) is 9.69 Å². The summed E-state index contributed by atoms with van der Waals surface area (Å²) in [6, 6.07) is 7.59. The number of nitrogens with one attached hydrogen (secondary N) is 1. The van der Waals surface area contributed by atoms with Crippen LogP contribution in [0.25, 0.3) is 11.1 Å². The molecule has 156 valence electrons. The van der Waals surface area contributed by atoms with Gasteiger partial charge in [0.25, 0.3) is 5.91 Å². The van der Waals surface area contributed by atoms with Crippen LogP contribution in [0.1, 0.15) is 20.8 Å². The van der Waals surface area contributed by atoms with Gasteiger partial charge >= 0.3 is 16.2 Å². The topological polar surface area (TPSA) is 144 Å². The van der Waals surface area contributed by atoms with E-state index >= 15 is 0 Å². The number of carboxylic acids is 1. The normalized spacial score (nSPS) is 15.2. The highest BCUT2D eigenvalue weighted by atomic mass is 32.2. The summed E-state index contributed by atoms with van der Waals surface area (Å²) in [5, 5.41) is 17.3. The second-order valence-electron chi connectivity index (χ2n) is 6.51. The molecule has 0 atom stereocenters. The largest absolute Gasteiger partial charge is 0.477 e. The van der Waals surface area contributed by atoms with E-state index in [0.717, 1.165) is 25.8 Å². The van der Waals surface area contributed by atoms with Crippen molar-refractivity contribution in [1.29, 1.82) is 0 Å². The first kappa shape index (κ1) is 21.0. The van der Waals surface area contributed by atoms with Gasteiger partial charge in [0.1, 0.15) is 0 Å². The summed E-state index contributed by atoms with van der Waals surface area (Å²) < 4.78 is 28.9. The zero-order valence-corrected chi connectivity index (χ0v) is 16.4. The zero-order valence-electron chi connectivity index (χ0n) is 15.6. The second-order valence-corrected chi connectivity index (χ2v) is 7.93. The van der Waals surface area contributed by atoms with Crippen LogP contribution in [0.3, 0.4) is 0 Å². The van der Waals surface area contributed by atoms with E-state index in [1.54, 1.807) is 24.3 Å². The molecule has 3 rings (SSSR count). The third kappa shape index (κ3) is 5.01. The number of morpholine rings is 1. The zero-order chi connectivity index (χ0) is 21.0. The molecule has 2 aromatic rings. The summed E-state index contributed by atoms with van der Waals surface area (Å²) in [6.45, 7) is 4.31. The molecule has 10 nitrogen and oxygen atoms in total.